The van der Waals surface area contributed by atoms with Gasteiger partial charge in [-0.3, -0.25) is 4.98 Å². The zero-order chi connectivity index (χ0) is 21.5. The predicted molar refractivity (Wildman–Crippen MR) is 120 cm³/mol. The van der Waals surface area contributed by atoms with Crippen LogP contribution in [0.5, 0.6) is 5.75 Å². The quantitative estimate of drug-likeness (QED) is 0.644. The highest BCUT2D eigenvalue weighted by molar-refractivity contribution is 5.34. The number of piperidine rings is 1. The fourth-order valence-corrected chi connectivity index (χ4v) is 5.57. The highest BCUT2D eigenvalue weighted by Gasteiger charge is 2.48. The van der Waals surface area contributed by atoms with Crippen molar-refractivity contribution in [1.29, 1.82) is 5.26 Å². The van der Waals surface area contributed by atoms with E-state index >= 15 is 0 Å². The van der Waals surface area contributed by atoms with E-state index in [9.17, 15) is 5.11 Å². The largest absolute Gasteiger partial charge is 0.493 e. The van der Waals surface area contributed by atoms with Gasteiger partial charge in [0.1, 0.15) is 11.4 Å². The van der Waals surface area contributed by atoms with Gasteiger partial charge >= 0.3 is 0 Å². The molecule has 1 aromatic carbocycles. The number of benzene rings is 1. The van der Waals surface area contributed by atoms with Gasteiger partial charge in [-0.1, -0.05) is 18.9 Å². The summed E-state index contributed by atoms with van der Waals surface area (Å²) >= 11 is 0. The molecule has 1 aliphatic heterocycles. The predicted octanol–water partition coefficient (Wildman–Crippen LogP) is 3.10. The number of hydrogen-bond donors (Lipinski definition) is 2. The van der Waals surface area contributed by atoms with Gasteiger partial charge in [-0.25, -0.2) is 0 Å². The Morgan fingerprint density at radius 2 is 1.74 bits per heavy atom. The second-order valence-electron chi connectivity index (χ2n) is 9.13. The minimum absolute atomic E-state index is 0.296. The van der Waals surface area contributed by atoms with Crippen molar-refractivity contribution >= 4 is 0 Å². The van der Waals surface area contributed by atoms with Gasteiger partial charge in [0.15, 0.2) is 0 Å². The van der Waals surface area contributed by atoms with Crippen molar-refractivity contribution in [3.8, 4) is 11.8 Å². The maximum Gasteiger partial charge on any atom is 0.119 e. The third-order valence-electron chi connectivity index (χ3n) is 7.29. The molecule has 31 heavy (non-hydrogen) atoms. The van der Waals surface area contributed by atoms with Crippen LogP contribution in [0.25, 0.3) is 0 Å². The summed E-state index contributed by atoms with van der Waals surface area (Å²) in [5.74, 6) is 1.46. The maximum atomic E-state index is 12.0. The Morgan fingerprint density at radius 3 is 2.39 bits per heavy atom. The minimum Gasteiger partial charge on any atom is -0.493 e. The number of nitrogens with zero attached hydrogens (tertiary/aromatic N) is 2. The van der Waals surface area contributed by atoms with Crippen LogP contribution in [0.4, 0.5) is 0 Å². The normalized spacial score (nSPS) is 23.7. The Balaban J connectivity index is 1.27. The molecule has 1 saturated heterocycles. The molecule has 0 bridgehead atoms. The molecule has 4 rings (SSSR count). The van der Waals surface area contributed by atoms with E-state index in [4.69, 9.17) is 10.00 Å². The standard InChI is InChI=1S/C26H33N3O2/c27-20-21-9-11-24(12-10-21)31-19-5-16-29-17-13-23(14-18-29)26(30,22-6-1-2-7-22)25-8-3-4-15-28-25/h3-4,8-12,15,22-23,30H,1-2,5-7,13-14,16-19H2/p+1/t26-/m0/s1. The lowest BCUT2D eigenvalue weighted by Crippen LogP contribution is -3.13. The first-order valence-corrected chi connectivity index (χ1v) is 11.8. The topological polar surface area (TPSA) is 70.6 Å². The lowest BCUT2D eigenvalue weighted by Gasteiger charge is -2.43. The van der Waals surface area contributed by atoms with Crippen LogP contribution in [-0.2, 0) is 5.60 Å². The fourth-order valence-electron chi connectivity index (χ4n) is 5.57. The lowest BCUT2D eigenvalue weighted by atomic mass is 9.70. The molecule has 0 amide bonds. The molecule has 1 aromatic heterocycles. The van der Waals surface area contributed by atoms with Crippen molar-refractivity contribution in [2.75, 3.05) is 26.2 Å². The summed E-state index contributed by atoms with van der Waals surface area (Å²) in [5.41, 5.74) is 0.760. The fraction of sp³-hybridized carbons (Fsp3) is 0.538. The molecule has 5 nitrogen and oxygen atoms in total. The average molecular weight is 421 g/mol. The van der Waals surface area contributed by atoms with Crippen molar-refractivity contribution in [1.82, 2.24) is 4.98 Å². The van der Waals surface area contributed by atoms with Crippen molar-refractivity contribution in [3.63, 3.8) is 0 Å². The van der Waals surface area contributed by atoms with Crippen molar-refractivity contribution in [3.05, 3.63) is 59.9 Å². The number of rotatable bonds is 8. The Bertz CT molecular complexity index is 850. The van der Waals surface area contributed by atoms with Gasteiger partial charge in [-0.2, -0.15) is 5.26 Å². The smallest absolute Gasteiger partial charge is 0.119 e. The molecule has 2 fully saturated rings. The molecule has 2 aromatic rings. The van der Waals surface area contributed by atoms with Gasteiger partial charge < -0.3 is 14.7 Å². The zero-order valence-corrected chi connectivity index (χ0v) is 18.3. The molecule has 5 heteroatoms. The number of hydrogen-bond acceptors (Lipinski definition) is 4. The summed E-state index contributed by atoms with van der Waals surface area (Å²) in [5, 5.41) is 20.8. The first-order chi connectivity index (χ1) is 15.2. The first kappa shape index (κ1) is 21.8. The molecule has 1 aliphatic carbocycles. The van der Waals surface area contributed by atoms with E-state index in [-0.39, 0.29) is 0 Å². The number of nitrogens with one attached hydrogen (secondary N) is 1. The van der Waals surface area contributed by atoms with Crippen molar-refractivity contribution in [2.24, 2.45) is 11.8 Å². The number of aliphatic hydroxyl groups is 1. The summed E-state index contributed by atoms with van der Waals surface area (Å²) in [6, 6.07) is 15.4. The molecule has 2 aliphatic rings. The van der Waals surface area contributed by atoms with E-state index in [1.165, 1.54) is 12.8 Å². The Hall–Kier alpha value is -2.42. The Morgan fingerprint density at radius 1 is 1.03 bits per heavy atom. The van der Waals surface area contributed by atoms with E-state index < -0.39 is 5.60 Å². The van der Waals surface area contributed by atoms with Gasteiger partial charge in [-0.15, -0.1) is 0 Å². The highest BCUT2D eigenvalue weighted by Crippen LogP contribution is 2.46. The van der Waals surface area contributed by atoms with E-state index in [2.05, 4.69) is 11.1 Å². The van der Waals surface area contributed by atoms with E-state index in [1.807, 2.05) is 36.5 Å². The van der Waals surface area contributed by atoms with Crippen LogP contribution in [0.2, 0.25) is 0 Å². The maximum absolute atomic E-state index is 12.0. The minimum atomic E-state index is -0.776. The number of aromatic nitrogens is 1. The van der Waals surface area contributed by atoms with E-state index in [1.54, 1.807) is 17.0 Å². The van der Waals surface area contributed by atoms with Crippen molar-refractivity contribution in [2.45, 2.75) is 50.5 Å². The number of likely N-dealkylation sites (tertiary alicyclic amines) is 1. The molecule has 164 valence electrons. The molecule has 0 unspecified atom stereocenters. The van der Waals surface area contributed by atoms with Crippen LogP contribution in [0.1, 0.15) is 56.2 Å². The van der Waals surface area contributed by atoms with Crippen LogP contribution in [0, 0.1) is 23.2 Å². The lowest BCUT2D eigenvalue weighted by molar-refractivity contribution is -0.906. The number of quaternary nitrogens is 1. The number of ether oxygens (including phenoxy) is 1. The molecule has 0 spiro atoms. The summed E-state index contributed by atoms with van der Waals surface area (Å²) in [4.78, 5) is 6.20. The highest BCUT2D eigenvalue weighted by atomic mass is 16.5. The SMILES string of the molecule is N#Cc1ccc(OCCC[NH+]2CCC([C@](O)(c3ccccn3)C3CCCC3)CC2)cc1. The molecule has 1 atom stereocenters. The van der Waals surface area contributed by atoms with Gasteiger partial charge in [0.25, 0.3) is 0 Å². The van der Waals surface area contributed by atoms with Crippen LogP contribution >= 0.6 is 0 Å². The van der Waals surface area contributed by atoms with E-state index in [0.717, 1.165) is 63.2 Å². The Labute approximate surface area is 185 Å². The van der Waals surface area contributed by atoms with E-state index in [0.29, 0.717) is 24.0 Å². The molecule has 1 saturated carbocycles. The summed E-state index contributed by atoms with van der Waals surface area (Å²) in [7, 11) is 0. The first-order valence-electron chi connectivity index (χ1n) is 11.8. The third kappa shape index (κ3) is 5.08. The van der Waals surface area contributed by atoms with Crippen molar-refractivity contribution < 1.29 is 14.7 Å². The molecule has 0 radical (unpaired) electrons. The van der Waals surface area contributed by atoms with Gasteiger partial charge in [0.05, 0.1) is 43.6 Å². The summed E-state index contributed by atoms with van der Waals surface area (Å²) in [6.07, 6.45) is 9.62. The van der Waals surface area contributed by atoms with Gasteiger partial charge in [0.2, 0.25) is 0 Å². The van der Waals surface area contributed by atoms with Gasteiger partial charge in [0, 0.05) is 31.4 Å². The van der Waals surface area contributed by atoms with Gasteiger partial charge in [-0.05, 0) is 55.2 Å². The van der Waals surface area contributed by atoms with Crippen LogP contribution in [0.15, 0.2) is 48.7 Å². The average Bonchev–Trinajstić information content (AvgIpc) is 3.38. The van der Waals surface area contributed by atoms with Crippen LogP contribution in [0.3, 0.4) is 0 Å². The second-order valence-corrected chi connectivity index (χ2v) is 9.13. The van der Waals surface area contributed by atoms with Crippen LogP contribution < -0.4 is 9.64 Å². The Kier molecular flexibility index (Phi) is 7.21. The zero-order valence-electron chi connectivity index (χ0n) is 18.3. The summed E-state index contributed by atoms with van der Waals surface area (Å²) < 4.78 is 5.83. The third-order valence-corrected chi connectivity index (χ3v) is 7.29. The number of pyridine rings is 1. The summed E-state index contributed by atoms with van der Waals surface area (Å²) in [6.45, 7) is 3.99. The second kappa shape index (κ2) is 10.3. The van der Waals surface area contributed by atoms with Crippen LogP contribution in [-0.4, -0.2) is 36.3 Å². The molecule has 2 heterocycles. The number of nitriles is 1. The molecule has 2 N–H and O–H groups in total. The molecular formula is C26H34N3O2+. The molecular weight excluding hydrogens is 386 g/mol. The monoisotopic (exact) mass is 420 g/mol.